The van der Waals surface area contributed by atoms with Gasteiger partial charge in [0.15, 0.2) is 0 Å². The van der Waals surface area contributed by atoms with Crippen LogP contribution in [0.2, 0.25) is 5.02 Å². The van der Waals surface area contributed by atoms with Gasteiger partial charge >= 0.3 is 0 Å². The van der Waals surface area contributed by atoms with Crippen LogP contribution in [0.4, 0.5) is 5.69 Å². The summed E-state index contributed by atoms with van der Waals surface area (Å²) in [6, 6.07) is 12.8. The lowest BCUT2D eigenvalue weighted by atomic mass is 9.98. The van der Waals surface area contributed by atoms with Crippen molar-refractivity contribution in [2.45, 2.75) is 24.7 Å². The first kappa shape index (κ1) is 21.5. The second-order valence-electron chi connectivity index (χ2n) is 7.73. The molecule has 1 amide bonds. The van der Waals surface area contributed by atoms with Crippen molar-refractivity contribution in [3.8, 4) is 0 Å². The molecule has 9 heteroatoms. The Labute approximate surface area is 185 Å². The minimum absolute atomic E-state index is 0.109. The number of piperidine rings is 1. The van der Waals surface area contributed by atoms with Crippen molar-refractivity contribution in [3.05, 3.63) is 69.5 Å². The Bertz CT molecular complexity index is 1320. The molecule has 0 spiro atoms. The number of hydrogen-bond acceptors (Lipinski definition) is 4. The monoisotopic (exact) mass is 459 g/mol. The van der Waals surface area contributed by atoms with Crippen LogP contribution in [0.25, 0.3) is 10.9 Å². The number of rotatable bonds is 4. The zero-order chi connectivity index (χ0) is 22.2. The smallest absolute Gasteiger partial charge is 0.248 e. The molecule has 7 nitrogen and oxygen atoms in total. The molecule has 1 aliphatic rings. The molecular formula is C22H22ClN3O4S. The first-order chi connectivity index (χ1) is 14.7. The van der Waals surface area contributed by atoms with Crippen LogP contribution in [-0.2, 0) is 14.8 Å². The summed E-state index contributed by atoms with van der Waals surface area (Å²) in [7, 11) is -3.78. The first-order valence-electron chi connectivity index (χ1n) is 9.94. The number of aromatic amines is 1. The number of carbonyl (C=O) groups excluding carboxylic acids is 1. The number of nitrogens with zero attached hydrogens (tertiary/aromatic N) is 1. The average Bonchev–Trinajstić information content (AvgIpc) is 2.76. The SMILES string of the molecule is Cc1ccc(NC(=O)[C@@H]2CCCN(S(=O)(=O)c3ccc4[nH]c(=O)ccc4c3)C2)cc1Cl. The summed E-state index contributed by atoms with van der Waals surface area (Å²) in [6.07, 6.45) is 1.20. The topological polar surface area (TPSA) is 99.3 Å². The molecule has 2 N–H and O–H groups in total. The molecule has 0 saturated carbocycles. The van der Waals surface area contributed by atoms with E-state index in [0.29, 0.717) is 41.0 Å². The number of sulfonamides is 1. The highest BCUT2D eigenvalue weighted by Crippen LogP contribution is 2.27. The van der Waals surface area contributed by atoms with Crippen LogP contribution in [0, 0.1) is 12.8 Å². The van der Waals surface area contributed by atoms with E-state index in [9.17, 15) is 18.0 Å². The molecule has 1 aliphatic heterocycles. The summed E-state index contributed by atoms with van der Waals surface area (Å²) >= 11 is 6.13. The molecule has 4 rings (SSSR count). The van der Waals surface area contributed by atoms with Gasteiger partial charge in [-0.25, -0.2) is 8.42 Å². The van der Waals surface area contributed by atoms with Gasteiger partial charge < -0.3 is 10.3 Å². The van der Waals surface area contributed by atoms with Crippen LogP contribution in [0.3, 0.4) is 0 Å². The molecule has 2 heterocycles. The molecule has 1 aromatic heterocycles. The van der Waals surface area contributed by atoms with E-state index in [0.717, 1.165) is 5.56 Å². The van der Waals surface area contributed by atoms with Crippen molar-refractivity contribution < 1.29 is 13.2 Å². The third kappa shape index (κ3) is 4.51. The van der Waals surface area contributed by atoms with Gasteiger partial charge in [-0.3, -0.25) is 9.59 Å². The van der Waals surface area contributed by atoms with E-state index in [1.807, 2.05) is 13.0 Å². The standard InChI is InChI=1S/C22H22ClN3O4S/c1-14-4-6-17(12-19(14)23)24-22(28)16-3-2-10-26(13-16)31(29,30)18-7-8-20-15(11-18)5-9-21(27)25-20/h4-9,11-12,16H,2-3,10,13H2,1H3,(H,24,28)(H,25,27)/t16-/m1/s1. The number of halogens is 1. The van der Waals surface area contributed by atoms with Crippen LogP contribution >= 0.6 is 11.6 Å². The zero-order valence-corrected chi connectivity index (χ0v) is 18.5. The molecule has 3 aromatic rings. The predicted molar refractivity (Wildman–Crippen MR) is 121 cm³/mol. The van der Waals surface area contributed by atoms with Gasteiger partial charge in [-0.05, 0) is 67.1 Å². The van der Waals surface area contributed by atoms with E-state index in [2.05, 4.69) is 10.3 Å². The summed E-state index contributed by atoms with van der Waals surface area (Å²) in [4.78, 5) is 27.0. The summed E-state index contributed by atoms with van der Waals surface area (Å²) in [5.74, 6) is -0.684. The van der Waals surface area contributed by atoms with E-state index in [4.69, 9.17) is 11.6 Å². The fraction of sp³-hybridized carbons (Fsp3) is 0.273. The minimum atomic E-state index is -3.78. The molecule has 0 bridgehead atoms. The molecule has 2 aromatic carbocycles. The zero-order valence-electron chi connectivity index (χ0n) is 16.9. The molecule has 0 aliphatic carbocycles. The van der Waals surface area contributed by atoms with Crippen molar-refractivity contribution in [2.75, 3.05) is 18.4 Å². The minimum Gasteiger partial charge on any atom is -0.326 e. The fourth-order valence-corrected chi connectivity index (χ4v) is 5.47. The van der Waals surface area contributed by atoms with Crippen LogP contribution in [0.15, 0.2) is 58.2 Å². The van der Waals surface area contributed by atoms with E-state index in [-0.39, 0.29) is 22.9 Å². The fourth-order valence-electron chi connectivity index (χ4n) is 3.73. The molecular weight excluding hydrogens is 438 g/mol. The highest BCUT2D eigenvalue weighted by Gasteiger charge is 2.33. The van der Waals surface area contributed by atoms with Gasteiger partial charge in [0.2, 0.25) is 21.5 Å². The van der Waals surface area contributed by atoms with Gasteiger partial charge in [0.25, 0.3) is 0 Å². The lowest BCUT2D eigenvalue weighted by molar-refractivity contribution is -0.120. The molecule has 0 radical (unpaired) electrons. The third-order valence-electron chi connectivity index (χ3n) is 5.53. The van der Waals surface area contributed by atoms with E-state index >= 15 is 0 Å². The number of amides is 1. The van der Waals surface area contributed by atoms with Crippen molar-refractivity contribution in [3.63, 3.8) is 0 Å². The maximum Gasteiger partial charge on any atom is 0.248 e. The summed E-state index contributed by atoms with van der Waals surface area (Å²) in [5.41, 5.74) is 1.82. The number of aryl methyl sites for hydroxylation is 1. The Kier molecular flexibility index (Phi) is 5.88. The molecule has 162 valence electrons. The van der Waals surface area contributed by atoms with E-state index in [1.165, 1.54) is 16.4 Å². The number of H-pyrrole nitrogens is 1. The van der Waals surface area contributed by atoms with Crippen molar-refractivity contribution >= 4 is 44.1 Å². The largest absolute Gasteiger partial charge is 0.326 e. The number of nitrogens with one attached hydrogen (secondary N) is 2. The first-order valence-corrected chi connectivity index (χ1v) is 11.8. The number of benzene rings is 2. The van der Waals surface area contributed by atoms with Crippen molar-refractivity contribution in [1.82, 2.24) is 9.29 Å². The second kappa shape index (κ2) is 8.45. The highest BCUT2D eigenvalue weighted by atomic mass is 35.5. The number of fused-ring (bicyclic) bond motifs is 1. The Hall–Kier alpha value is -2.68. The second-order valence-corrected chi connectivity index (χ2v) is 10.1. The number of pyridine rings is 1. The maximum atomic E-state index is 13.2. The summed E-state index contributed by atoms with van der Waals surface area (Å²) < 4.78 is 27.8. The number of aromatic nitrogens is 1. The average molecular weight is 460 g/mol. The molecule has 1 atom stereocenters. The Balaban J connectivity index is 1.53. The van der Waals surface area contributed by atoms with Gasteiger partial charge in [0.1, 0.15) is 0 Å². The van der Waals surface area contributed by atoms with Crippen molar-refractivity contribution in [2.24, 2.45) is 5.92 Å². The normalized spacial score (nSPS) is 17.5. The lowest BCUT2D eigenvalue weighted by Crippen LogP contribution is -2.43. The lowest BCUT2D eigenvalue weighted by Gasteiger charge is -2.31. The van der Waals surface area contributed by atoms with Crippen LogP contribution in [-0.4, -0.2) is 36.7 Å². The summed E-state index contributed by atoms with van der Waals surface area (Å²) in [6.45, 7) is 2.34. The van der Waals surface area contributed by atoms with Crippen LogP contribution < -0.4 is 10.9 Å². The molecule has 0 unspecified atom stereocenters. The quantitative estimate of drug-likeness (QED) is 0.623. The summed E-state index contributed by atoms with van der Waals surface area (Å²) in [5, 5.41) is 4.03. The molecule has 1 saturated heterocycles. The van der Waals surface area contributed by atoms with Crippen LogP contribution in [0.5, 0.6) is 0 Å². The molecule has 31 heavy (non-hydrogen) atoms. The van der Waals surface area contributed by atoms with Gasteiger partial charge in [-0.1, -0.05) is 17.7 Å². The third-order valence-corrected chi connectivity index (χ3v) is 7.80. The van der Waals surface area contributed by atoms with Gasteiger partial charge in [-0.15, -0.1) is 0 Å². The van der Waals surface area contributed by atoms with E-state index in [1.54, 1.807) is 30.3 Å². The Morgan fingerprint density at radius 2 is 1.97 bits per heavy atom. The van der Waals surface area contributed by atoms with Gasteiger partial charge in [-0.2, -0.15) is 4.31 Å². The Morgan fingerprint density at radius 1 is 1.16 bits per heavy atom. The maximum absolute atomic E-state index is 13.2. The van der Waals surface area contributed by atoms with Gasteiger partial charge in [0.05, 0.1) is 10.8 Å². The molecule has 1 fully saturated rings. The van der Waals surface area contributed by atoms with Crippen LogP contribution in [0.1, 0.15) is 18.4 Å². The van der Waals surface area contributed by atoms with Crippen molar-refractivity contribution in [1.29, 1.82) is 0 Å². The highest BCUT2D eigenvalue weighted by molar-refractivity contribution is 7.89. The number of carbonyl (C=O) groups is 1. The Morgan fingerprint density at radius 3 is 2.74 bits per heavy atom. The predicted octanol–water partition coefficient (Wildman–Crippen LogP) is 3.53. The number of anilines is 1. The number of hydrogen-bond donors (Lipinski definition) is 2. The van der Waals surface area contributed by atoms with E-state index < -0.39 is 15.9 Å². The van der Waals surface area contributed by atoms with Gasteiger partial charge in [0, 0.05) is 35.4 Å².